The number of benzene rings is 1. The molecule has 0 aliphatic rings. The number of rotatable bonds is 7. The zero-order valence-electron chi connectivity index (χ0n) is 12.4. The molecule has 0 spiro atoms. The van der Waals surface area contributed by atoms with Gasteiger partial charge in [-0.15, -0.1) is 0 Å². The lowest BCUT2D eigenvalue weighted by atomic mass is 9.96. The molecule has 0 amide bonds. The van der Waals surface area contributed by atoms with Crippen molar-refractivity contribution in [3.63, 3.8) is 0 Å². The summed E-state index contributed by atoms with van der Waals surface area (Å²) < 4.78 is 10.5. The van der Waals surface area contributed by atoms with Crippen LogP contribution in [-0.2, 0) is 9.53 Å². The first kappa shape index (κ1) is 16.9. The maximum absolute atomic E-state index is 11.7. The second-order valence-electron chi connectivity index (χ2n) is 5.02. The second kappa shape index (κ2) is 7.03. The van der Waals surface area contributed by atoms with Crippen LogP contribution in [0.2, 0.25) is 0 Å². The molecule has 116 valence electrons. The van der Waals surface area contributed by atoms with Crippen molar-refractivity contribution >= 4 is 11.7 Å². The maximum Gasteiger partial charge on any atom is 0.325 e. The van der Waals surface area contributed by atoms with E-state index in [2.05, 4.69) is 0 Å². The van der Waals surface area contributed by atoms with Crippen LogP contribution in [0.5, 0.6) is 5.75 Å². The molecule has 2 unspecified atom stereocenters. The fraction of sp³-hybridized carbons (Fsp3) is 0.500. The number of ether oxygens (including phenoxy) is 2. The molecular formula is C14H20N2O5. The number of nitro groups is 1. The number of carbonyl (C=O) groups excluding carboxylic acids is 1. The van der Waals surface area contributed by atoms with E-state index in [1.165, 1.54) is 18.2 Å². The van der Waals surface area contributed by atoms with Gasteiger partial charge in [0.2, 0.25) is 0 Å². The Hall–Kier alpha value is -2.15. The van der Waals surface area contributed by atoms with Gasteiger partial charge >= 0.3 is 5.97 Å². The molecule has 0 aliphatic heterocycles. The third-order valence-electron chi connectivity index (χ3n) is 2.82. The van der Waals surface area contributed by atoms with Crippen molar-refractivity contribution < 1.29 is 19.2 Å². The summed E-state index contributed by atoms with van der Waals surface area (Å²) in [6, 6.07) is 5.85. The summed E-state index contributed by atoms with van der Waals surface area (Å²) in [5, 5.41) is 10.7. The van der Waals surface area contributed by atoms with Gasteiger partial charge in [-0.25, -0.2) is 0 Å². The molecule has 0 aliphatic carbocycles. The summed E-state index contributed by atoms with van der Waals surface area (Å²) >= 11 is 0. The molecule has 1 rings (SSSR count). The first-order valence-electron chi connectivity index (χ1n) is 6.63. The van der Waals surface area contributed by atoms with Crippen LogP contribution >= 0.6 is 0 Å². The number of hydrogen-bond acceptors (Lipinski definition) is 6. The molecule has 1 aromatic rings. The average Bonchev–Trinajstić information content (AvgIpc) is 2.38. The summed E-state index contributed by atoms with van der Waals surface area (Å²) in [5.41, 5.74) is 4.69. The van der Waals surface area contributed by atoms with Gasteiger partial charge in [-0.2, -0.15) is 0 Å². The maximum atomic E-state index is 11.7. The third-order valence-corrected chi connectivity index (χ3v) is 2.82. The van der Waals surface area contributed by atoms with Gasteiger partial charge in [-0.3, -0.25) is 14.9 Å². The van der Waals surface area contributed by atoms with E-state index in [9.17, 15) is 14.9 Å². The van der Waals surface area contributed by atoms with Gasteiger partial charge in [0.25, 0.3) is 5.69 Å². The van der Waals surface area contributed by atoms with Gasteiger partial charge in [0.1, 0.15) is 11.3 Å². The van der Waals surface area contributed by atoms with E-state index in [0.717, 1.165) is 0 Å². The molecular weight excluding hydrogens is 276 g/mol. The van der Waals surface area contributed by atoms with Crippen molar-refractivity contribution in [2.75, 3.05) is 6.61 Å². The van der Waals surface area contributed by atoms with Gasteiger partial charge in [0.05, 0.1) is 23.7 Å². The van der Waals surface area contributed by atoms with E-state index in [1.807, 2.05) is 0 Å². The molecule has 2 N–H and O–H groups in total. The lowest BCUT2D eigenvalue weighted by molar-refractivity contribution is -0.384. The predicted molar refractivity (Wildman–Crippen MR) is 77.0 cm³/mol. The highest BCUT2D eigenvalue weighted by Gasteiger charge is 2.32. The molecule has 0 saturated carbocycles. The fourth-order valence-electron chi connectivity index (χ4n) is 1.92. The van der Waals surface area contributed by atoms with Gasteiger partial charge in [-0.1, -0.05) is 6.07 Å². The molecule has 7 nitrogen and oxygen atoms in total. The van der Waals surface area contributed by atoms with Crippen LogP contribution in [-0.4, -0.2) is 29.1 Å². The summed E-state index contributed by atoms with van der Waals surface area (Å²) in [4.78, 5) is 21.9. The smallest absolute Gasteiger partial charge is 0.325 e. The molecule has 0 heterocycles. The van der Waals surface area contributed by atoms with Crippen LogP contribution in [0, 0.1) is 10.1 Å². The van der Waals surface area contributed by atoms with Crippen molar-refractivity contribution in [3.8, 4) is 5.75 Å². The molecule has 0 aromatic heterocycles. The monoisotopic (exact) mass is 296 g/mol. The molecule has 0 saturated heterocycles. The molecule has 2 atom stereocenters. The summed E-state index contributed by atoms with van der Waals surface area (Å²) in [6.45, 7) is 5.27. The quantitative estimate of drug-likeness (QED) is 0.469. The Kier molecular flexibility index (Phi) is 5.66. The highest BCUT2D eigenvalue weighted by Crippen LogP contribution is 2.22. The SMILES string of the molecule is CCOC(=O)C(C)(N)CC(C)Oc1cccc([N+](=O)[O-])c1. The minimum absolute atomic E-state index is 0.0550. The number of non-ortho nitro benzene ring substituents is 1. The normalized spacial score (nSPS) is 14.9. The highest BCUT2D eigenvalue weighted by molar-refractivity contribution is 5.80. The zero-order valence-corrected chi connectivity index (χ0v) is 12.4. The Balaban J connectivity index is 2.69. The van der Waals surface area contributed by atoms with Crippen LogP contribution in [0.3, 0.4) is 0 Å². The number of nitrogens with two attached hydrogens (primary N) is 1. The highest BCUT2D eigenvalue weighted by atomic mass is 16.6. The first-order chi connectivity index (χ1) is 9.76. The van der Waals surface area contributed by atoms with E-state index in [4.69, 9.17) is 15.2 Å². The van der Waals surface area contributed by atoms with Crippen molar-refractivity contribution in [1.82, 2.24) is 0 Å². The predicted octanol–water partition coefficient (Wildman–Crippen LogP) is 2.03. The third kappa shape index (κ3) is 5.03. The van der Waals surface area contributed by atoms with E-state index >= 15 is 0 Å². The lowest BCUT2D eigenvalue weighted by Gasteiger charge is -2.26. The van der Waals surface area contributed by atoms with Gasteiger partial charge in [-0.05, 0) is 26.8 Å². The summed E-state index contributed by atoms with van der Waals surface area (Å²) in [5.74, 6) is -0.143. The van der Waals surface area contributed by atoms with Crippen molar-refractivity contribution in [2.24, 2.45) is 5.73 Å². The average molecular weight is 296 g/mol. The Morgan fingerprint density at radius 1 is 1.52 bits per heavy atom. The van der Waals surface area contributed by atoms with Crippen LogP contribution in [0.4, 0.5) is 5.69 Å². The molecule has 7 heteroatoms. The van der Waals surface area contributed by atoms with E-state index in [-0.39, 0.29) is 18.7 Å². The minimum Gasteiger partial charge on any atom is -0.490 e. The minimum atomic E-state index is -1.17. The number of nitro benzene ring substituents is 1. The van der Waals surface area contributed by atoms with Gasteiger partial charge in [0.15, 0.2) is 0 Å². The summed E-state index contributed by atoms with van der Waals surface area (Å²) in [6.07, 6.45) is -0.166. The molecule has 1 aromatic carbocycles. The molecule has 0 radical (unpaired) electrons. The topological polar surface area (TPSA) is 105 Å². The van der Waals surface area contributed by atoms with Gasteiger partial charge in [0, 0.05) is 12.5 Å². The summed E-state index contributed by atoms with van der Waals surface area (Å²) in [7, 11) is 0. The molecule has 0 fully saturated rings. The Morgan fingerprint density at radius 3 is 2.76 bits per heavy atom. The van der Waals surface area contributed by atoms with E-state index in [0.29, 0.717) is 5.75 Å². The molecule has 0 bridgehead atoms. The van der Waals surface area contributed by atoms with E-state index in [1.54, 1.807) is 26.8 Å². The number of esters is 1. The lowest BCUT2D eigenvalue weighted by Crippen LogP contribution is -2.49. The van der Waals surface area contributed by atoms with Crippen LogP contribution in [0.15, 0.2) is 24.3 Å². The van der Waals surface area contributed by atoms with Crippen molar-refractivity contribution in [3.05, 3.63) is 34.4 Å². The second-order valence-corrected chi connectivity index (χ2v) is 5.02. The Morgan fingerprint density at radius 2 is 2.19 bits per heavy atom. The largest absolute Gasteiger partial charge is 0.490 e. The fourth-order valence-corrected chi connectivity index (χ4v) is 1.92. The number of hydrogen-bond donors (Lipinski definition) is 1. The number of nitrogens with zero attached hydrogens (tertiary/aromatic N) is 1. The standard InChI is InChI=1S/C14H20N2O5/c1-4-20-13(17)14(3,15)9-10(2)21-12-7-5-6-11(8-12)16(18)19/h5-8,10H,4,9,15H2,1-3H3. The van der Waals surface area contributed by atoms with Crippen LogP contribution in [0.1, 0.15) is 27.2 Å². The molecule has 21 heavy (non-hydrogen) atoms. The van der Waals surface area contributed by atoms with Gasteiger partial charge < -0.3 is 15.2 Å². The number of carbonyl (C=O) groups is 1. The van der Waals surface area contributed by atoms with E-state index < -0.39 is 22.5 Å². The van der Waals surface area contributed by atoms with Crippen molar-refractivity contribution in [2.45, 2.75) is 38.8 Å². The Bertz CT molecular complexity index is 516. The van der Waals surface area contributed by atoms with Crippen LogP contribution in [0.25, 0.3) is 0 Å². The van der Waals surface area contributed by atoms with Crippen molar-refractivity contribution in [1.29, 1.82) is 0 Å². The Labute approximate surface area is 123 Å². The zero-order chi connectivity index (χ0) is 16.0. The first-order valence-corrected chi connectivity index (χ1v) is 6.63. The van der Waals surface area contributed by atoms with Crippen LogP contribution < -0.4 is 10.5 Å².